The first-order chi connectivity index (χ1) is 40.6. The third-order valence-corrected chi connectivity index (χ3v) is 18.1. The molecule has 2 heterocycles. The molecule has 2 saturated heterocycles. The first-order valence-corrected chi connectivity index (χ1v) is 35.8. The Morgan fingerprint density at radius 2 is 0.687 bits per heavy atom. The monoisotopic (exact) mass is 1190 g/mol. The number of unbranched alkanes of at least 4 members (excludes halogenated alkanes) is 47. The first-order valence-electron chi connectivity index (χ1n) is 35.8. The molecule has 0 aliphatic carbocycles. The van der Waals surface area contributed by atoms with Crippen LogP contribution in [-0.2, 0) is 23.7 Å². The average Bonchev–Trinajstić information content (AvgIpc) is 3.65. The van der Waals surface area contributed by atoms with E-state index in [0.717, 1.165) is 51.4 Å². The van der Waals surface area contributed by atoms with Crippen molar-refractivity contribution < 1.29 is 64.6 Å². The van der Waals surface area contributed by atoms with Gasteiger partial charge in [-0.05, 0) is 12.8 Å². The van der Waals surface area contributed by atoms with E-state index in [1.165, 1.54) is 263 Å². The molecule has 83 heavy (non-hydrogen) atoms. The lowest BCUT2D eigenvalue weighted by molar-refractivity contribution is -0.359. The van der Waals surface area contributed by atoms with Gasteiger partial charge < -0.3 is 65.1 Å². The fraction of sp³-hybridized carbons (Fsp3) is 0.986. The number of amides is 1. The van der Waals surface area contributed by atoms with Gasteiger partial charge in [-0.1, -0.05) is 322 Å². The van der Waals surface area contributed by atoms with Crippen LogP contribution in [0.2, 0.25) is 0 Å². The SMILES string of the molecule is CCCCCCCCCCCCCCCCCCCCCCCCCCCCC(=O)NC(COC1OC(CO)C(OC2OC(CO)C(O)C(O)C2O)C(O)C1O)C(O)CCCCCCCCCCCCCCCCCCCCCCCCC. The summed E-state index contributed by atoms with van der Waals surface area (Å²) in [6.07, 6.45) is 48.3. The highest BCUT2D eigenvalue weighted by Crippen LogP contribution is 2.30. The Kier molecular flexibility index (Phi) is 51.8. The maximum Gasteiger partial charge on any atom is 0.220 e. The molecule has 0 spiro atoms. The van der Waals surface area contributed by atoms with Crippen LogP contribution < -0.4 is 5.32 Å². The van der Waals surface area contributed by atoms with Crippen molar-refractivity contribution in [2.45, 2.75) is 415 Å². The van der Waals surface area contributed by atoms with E-state index in [0.29, 0.717) is 12.8 Å². The van der Waals surface area contributed by atoms with E-state index in [4.69, 9.17) is 18.9 Å². The van der Waals surface area contributed by atoms with Gasteiger partial charge in [0.05, 0.1) is 32.0 Å². The van der Waals surface area contributed by atoms with E-state index in [9.17, 15) is 45.6 Å². The van der Waals surface area contributed by atoms with Gasteiger partial charge in [0, 0.05) is 6.42 Å². The van der Waals surface area contributed by atoms with Gasteiger partial charge in [-0.2, -0.15) is 0 Å². The summed E-state index contributed by atoms with van der Waals surface area (Å²) < 4.78 is 22.9. The predicted molar refractivity (Wildman–Crippen MR) is 337 cm³/mol. The van der Waals surface area contributed by atoms with Crippen LogP contribution in [-0.4, -0.2) is 140 Å². The molecule has 1 amide bonds. The Balaban J connectivity index is 1.66. The minimum Gasteiger partial charge on any atom is -0.394 e. The van der Waals surface area contributed by atoms with Crippen molar-refractivity contribution in [3.63, 3.8) is 0 Å². The molecule has 2 aliphatic rings. The Bertz CT molecular complexity index is 1400. The van der Waals surface area contributed by atoms with E-state index >= 15 is 0 Å². The standard InChI is InChI=1S/C69H135NO13/c1-3-5-7-9-11-13-15-17-19-21-23-25-27-28-29-31-33-35-37-39-41-43-45-47-49-51-53-61(74)70-57(56-80-68-66(79)64(77)67(60(55-72)82-68)83-69-65(78)63(76)62(75)59(54-71)81-69)58(73)52-50-48-46-44-42-40-38-36-34-32-30-26-24-22-20-18-16-14-12-10-8-6-4-2/h57-60,62-69,71-73,75-79H,3-56H2,1-2H3,(H,70,74). The van der Waals surface area contributed by atoms with Gasteiger partial charge in [-0.3, -0.25) is 4.79 Å². The number of rotatable bonds is 60. The van der Waals surface area contributed by atoms with Crippen molar-refractivity contribution in [3.05, 3.63) is 0 Å². The number of carbonyl (C=O) groups is 1. The van der Waals surface area contributed by atoms with Crippen molar-refractivity contribution in [3.8, 4) is 0 Å². The fourth-order valence-corrected chi connectivity index (χ4v) is 12.4. The number of aliphatic hydroxyl groups excluding tert-OH is 8. The quantitative estimate of drug-likeness (QED) is 0.0259. The Morgan fingerprint density at radius 1 is 0.386 bits per heavy atom. The second-order valence-corrected chi connectivity index (χ2v) is 25.7. The number of aliphatic hydroxyl groups is 8. The zero-order chi connectivity index (χ0) is 60.2. The average molecular weight is 1190 g/mol. The Hall–Kier alpha value is -1.01. The predicted octanol–water partition coefficient (Wildman–Crippen LogP) is 14.4. The molecular weight excluding hydrogens is 1050 g/mol. The third-order valence-electron chi connectivity index (χ3n) is 18.1. The largest absolute Gasteiger partial charge is 0.394 e. The highest BCUT2D eigenvalue weighted by atomic mass is 16.7. The van der Waals surface area contributed by atoms with Crippen molar-refractivity contribution >= 4 is 5.91 Å². The lowest BCUT2D eigenvalue weighted by Gasteiger charge is -2.46. The third kappa shape index (κ3) is 39.6. The van der Waals surface area contributed by atoms with Crippen LogP contribution in [0.15, 0.2) is 0 Å². The number of hydrogen-bond donors (Lipinski definition) is 9. The van der Waals surface area contributed by atoms with Crippen LogP contribution in [0.5, 0.6) is 0 Å². The second-order valence-electron chi connectivity index (χ2n) is 25.7. The van der Waals surface area contributed by atoms with E-state index < -0.39 is 86.8 Å². The van der Waals surface area contributed by atoms with Crippen LogP contribution in [0.25, 0.3) is 0 Å². The second kappa shape index (κ2) is 55.1. The highest BCUT2D eigenvalue weighted by molar-refractivity contribution is 5.76. The Morgan fingerprint density at radius 3 is 1.02 bits per heavy atom. The number of nitrogens with one attached hydrogen (secondary N) is 1. The molecule has 0 aromatic rings. The summed E-state index contributed by atoms with van der Waals surface area (Å²) in [7, 11) is 0. The molecule has 2 fully saturated rings. The Labute approximate surface area is 508 Å². The molecule has 2 aliphatic heterocycles. The molecule has 14 heteroatoms. The minimum atomic E-state index is -1.78. The maximum atomic E-state index is 13.4. The van der Waals surface area contributed by atoms with Gasteiger partial charge in [0.15, 0.2) is 12.6 Å². The molecule has 14 nitrogen and oxygen atoms in total. The summed E-state index contributed by atoms with van der Waals surface area (Å²) in [5.74, 6) is -0.197. The topological polar surface area (TPSA) is 228 Å². The summed E-state index contributed by atoms with van der Waals surface area (Å²) in [5, 5.41) is 87.6. The number of ether oxygens (including phenoxy) is 4. The lowest BCUT2D eigenvalue weighted by atomic mass is 9.97. The number of carbonyl (C=O) groups excluding carboxylic acids is 1. The van der Waals surface area contributed by atoms with E-state index in [1.807, 2.05) is 0 Å². The van der Waals surface area contributed by atoms with Crippen LogP contribution in [0, 0.1) is 0 Å². The highest BCUT2D eigenvalue weighted by Gasteiger charge is 2.51. The minimum absolute atomic E-state index is 0.197. The molecule has 0 aromatic heterocycles. The summed E-state index contributed by atoms with van der Waals surface area (Å²) in [5.41, 5.74) is 0. The zero-order valence-corrected chi connectivity index (χ0v) is 53.7. The molecule has 2 rings (SSSR count). The van der Waals surface area contributed by atoms with Gasteiger partial charge in [-0.15, -0.1) is 0 Å². The molecule has 0 radical (unpaired) electrons. The van der Waals surface area contributed by atoms with Crippen LogP contribution in [0.1, 0.15) is 341 Å². The van der Waals surface area contributed by atoms with E-state index in [1.54, 1.807) is 0 Å². The zero-order valence-electron chi connectivity index (χ0n) is 53.7. The molecule has 12 unspecified atom stereocenters. The summed E-state index contributed by atoms with van der Waals surface area (Å²) in [6, 6.07) is -0.824. The molecule has 494 valence electrons. The fourth-order valence-electron chi connectivity index (χ4n) is 12.4. The molecule has 9 N–H and O–H groups in total. The van der Waals surface area contributed by atoms with Gasteiger partial charge in [-0.25, -0.2) is 0 Å². The van der Waals surface area contributed by atoms with E-state index in [-0.39, 0.29) is 12.5 Å². The normalized spacial score (nSPS) is 23.7. The molecule has 0 aromatic carbocycles. The summed E-state index contributed by atoms with van der Waals surface area (Å²) in [6.45, 7) is 2.93. The van der Waals surface area contributed by atoms with Crippen molar-refractivity contribution in [2.24, 2.45) is 0 Å². The van der Waals surface area contributed by atoms with E-state index in [2.05, 4.69) is 19.2 Å². The van der Waals surface area contributed by atoms with Crippen molar-refractivity contribution in [1.29, 1.82) is 0 Å². The van der Waals surface area contributed by atoms with Crippen molar-refractivity contribution in [1.82, 2.24) is 5.32 Å². The molecule has 0 saturated carbocycles. The van der Waals surface area contributed by atoms with Gasteiger partial charge in [0.2, 0.25) is 5.91 Å². The first kappa shape index (κ1) is 78.1. The molecule has 12 atom stereocenters. The summed E-state index contributed by atoms with van der Waals surface area (Å²) >= 11 is 0. The maximum absolute atomic E-state index is 13.4. The van der Waals surface area contributed by atoms with Gasteiger partial charge in [0.1, 0.15) is 48.8 Å². The van der Waals surface area contributed by atoms with Crippen molar-refractivity contribution in [2.75, 3.05) is 19.8 Å². The summed E-state index contributed by atoms with van der Waals surface area (Å²) in [4.78, 5) is 13.4. The smallest absolute Gasteiger partial charge is 0.220 e. The van der Waals surface area contributed by atoms with Crippen LogP contribution in [0.3, 0.4) is 0 Å². The molecular formula is C69H135NO13. The van der Waals surface area contributed by atoms with Gasteiger partial charge in [0.25, 0.3) is 0 Å². The lowest BCUT2D eigenvalue weighted by Crippen LogP contribution is -2.65. The number of hydrogen-bond acceptors (Lipinski definition) is 13. The van der Waals surface area contributed by atoms with Gasteiger partial charge >= 0.3 is 0 Å². The molecule has 0 bridgehead atoms. The van der Waals surface area contributed by atoms with Crippen LogP contribution in [0.4, 0.5) is 0 Å². The van der Waals surface area contributed by atoms with Crippen LogP contribution >= 0.6 is 0 Å².